The molecule has 0 aromatic carbocycles. The van der Waals surface area contributed by atoms with E-state index in [0.29, 0.717) is 6.04 Å². The van der Waals surface area contributed by atoms with Gasteiger partial charge in [-0.15, -0.1) is 0 Å². The topological polar surface area (TPSA) is 24.9 Å². The second kappa shape index (κ2) is 3.23. The van der Waals surface area contributed by atoms with Crippen LogP contribution in [0.1, 0.15) is 30.1 Å². The molecule has 0 bridgehead atoms. The summed E-state index contributed by atoms with van der Waals surface area (Å²) in [5, 5.41) is 3.43. The standard InChI is InChI=1S/C10H14N2/c1-8-4-5-10(12-7-8)9-3-2-6-11-9/h4-5,7,9,11H,2-3,6H2,1H3/t9-/m1/s1. The highest BCUT2D eigenvalue weighted by Crippen LogP contribution is 2.20. The largest absolute Gasteiger partial charge is 0.309 e. The van der Waals surface area contributed by atoms with E-state index in [1.807, 2.05) is 6.20 Å². The van der Waals surface area contributed by atoms with Crippen molar-refractivity contribution in [1.29, 1.82) is 0 Å². The summed E-state index contributed by atoms with van der Waals surface area (Å²) in [6, 6.07) is 4.76. The first-order valence-electron chi connectivity index (χ1n) is 4.52. The van der Waals surface area contributed by atoms with Crippen molar-refractivity contribution in [2.45, 2.75) is 25.8 Å². The van der Waals surface area contributed by atoms with Gasteiger partial charge in [0.1, 0.15) is 0 Å². The van der Waals surface area contributed by atoms with Crippen LogP contribution >= 0.6 is 0 Å². The molecule has 1 aromatic rings. The Morgan fingerprint density at radius 2 is 2.42 bits per heavy atom. The number of aryl methyl sites for hydroxylation is 1. The van der Waals surface area contributed by atoms with Crippen LogP contribution in [0, 0.1) is 6.92 Å². The Kier molecular flexibility index (Phi) is 2.09. The number of hydrogen-bond acceptors (Lipinski definition) is 2. The Labute approximate surface area is 73.0 Å². The molecule has 0 radical (unpaired) electrons. The number of nitrogens with one attached hydrogen (secondary N) is 1. The lowest BCUT2D eigenvalue weighted by molar-refractivity contribution is 0.627. The zero-order valence-electron chi connectivity index (χ0n) is 7.38. The lowest BCUT2D eigenvalue weighted by atomic mass is 10.1. The molecule has 0 aliphatic carbocycles. The van der Waals surface area contributed by atoms with Crippen LogP contribution in [0.5, 0.6) is 0 Å². The van der Waals surface area contributed by atoms with E-state index in [0.717, 1.165) is 6.54 Å². The lowest BCUT2D eigenvalue weighted by Crippen LogP contribution is -2.13. The molecule has 1 fully saturated rings. The van der Waals surface area contributed by atoms with Crippen LogP contribution in [-0.4, -0.2) is 11.5 Å². The molecule has 64 valence electrons. The minimum absolute atomic E-state index is 0.505. The van der Waals surface area contributed by atoms with E-state index in [-0.39, 0.29) is 0 Å². The highest BCUT2D eigenvalue weighted by molar-refractivity contribution is 5.15. The van der Waals surface area contributed by atoms with Crippen LogP contribution in [0.15, 0.2) is 18.3 Å². The molecule has 1 aliphatic heterocycles. The predicted octanol–water partition coefficient (Wildman–Crippen LogP) is 1.81. The molecule has 1 saturated heterocycles. The minimum Gasteiger partial charge on any atom is -0.309 e. The number of nitrogens with zero attached hydrogens (tertiary/aromatic N) is 1. The van der Waals surface area contributed by atoms with E-state index >= 15 is 0 Å². The number of rotatable bonds is 1. The van der Waals surface area contributed by atoms with Gasteiger partial charge in [0.2, 0.25) is 0 Å². The number of pyridine rings is 1. The van der Waals surface area contributed by atoms with E-state index in [9.17, 15) is 0 Å². The van der Waals surface area contributed by atoms with Gasteiger partial charge >= 0.3 is 0 Å². The Hall–Kier alpha value is -0.890. The van der Waals surface area contributed by atoms with E-state index in [1.54, 1.807) is 0 Å². The number of hydrogen-bond donors (Lipinski definition) is 1. The summed E-state index contributed by atoms with van der Waals surface area (Å²) in [6.45, 7) is 3.21. The molecular formula is C10H14N2. The van der Waals surface area contributed by atoms with Crippen LogP contribution in [0.3, 0.4) is 0 Å². The van der Waals surface area contributed by atoms with Crippen LogP contribution in [0.4, 0.5) is 0 Å². The smallest absolute Gasteiger partial charge is 0.0573 e. The minimum atomic E-state index is 0.505. The molecule has 12 heavy (non-hydrogen) atoms. The summed E-state index contributed by atoms with van der Waals surface area (Å²) in [6.07, 6.45) is 4.45. The van der Waals surface area contributed by atoms with Crippen molar-refractivity contribution in [3.05, 3.63) is 29.6 Å². The van der Waals surface area contributed by atoms with Gasteiger partial charge in [-0.1, -0.05) is 6.07 Å². The van der Waals surface area contributed by atoms with E-state index in [4.69, 9.17) is 0 Å². The van der Waals surface area contributed by atoms with Gasteiger partial charge in [-0.3, -0.25) is 4.98 Å². The molecule has 0 unspecified atom stereocenters. The van der Waals surface area contributed by atoms with Gasteiger partial charge in [-0.25, -0.2) is 0 Å². The van der Waals surface area contributed by atoms with Gasteiger partial charge < -0.3 is 5.32 Å². The molecule has 1 N–H and O–H groups in total. The molecular weight excluding hydrogens is 148 g/mol. The third-order valence-electron chi connectivity index (χ3n) is 2.35. The van der Waals surface area contributed by atoms with Crippen molar-refractivity contribution in [3.8, 4) is 0 Å². The first-order chi connectivity index (χ1) is 5.86. The molecule has 0 saturated carbocycles. The summed E-state index contributed by atoms with van der Waals surface area (Å²) >= 11 is 0. The summed E-state index contributed by atoms with van der Waals surface area (Å²) in [7, 11) is 0. The summed E-state index contributed by atoms with van der Waals surface area (Å²) in [5.74, 6) is 0. The predicted molar refractivity (Wildman–Crippen MR) is 49.0 cm³/mol. The summed E-state index contributed by atoms with van der Waals surface area (Å²) < 4.78 is 0. The van der Waals surface area contributed by atoms with Crippen LogP contribution in [0.2, 0.25) is 0 Å². The first kappa shape index (κ1) is 7.74. The molecule has 0 amide bonds. The molecule has 2 rings (SSSR count). The summed E-state index contributed by atoms with van der Waals surface area (Å²) in [5.41, 5.74) is 2.43. The average molecular weight is 162 g/mol. The SMILES string of the molecule is Cc1ccc([C@H]2CCCN2)nc1. The Morgan fingerprint density at radius 3 is 3.00 bits per heavy atom. The fourth-order valence-electron chi connectivity index (χ4n) is 1.62. The second-order valence-electron chi connectivity index (χ2n) is 3.41. The average Bonchev–Trinajstić information content (AvgIpc) is 2.58. The van der Waals surface area contributed by atoms with Crippen LogP contribution < -0.4 is 5.32 Å². The lowest BCUT2D eigenvalue weighted by Gasteiger charge is -2.08. The van der Waals surface area contributed by atoms with Gasteiger partial charge in [0, 0.05) is 12.2 Å². The first-order valence-corrected chi connectivity index (χ1v) is 4.52. The molecule has 0 spiro atoms. The number of aromatic nitrogens is 1. The van der Waals surface area contributed by atoms with Gasteiger partial charge in [-0.2, -0.15) is 0 Å². The fourth-order valence-corrected chi connectivity index (χ4v) is 1.62. The van der Waals surface area contributed by atoms with E-state index < -0.39 is 0 Å². The quantitative estimate of drug-likeness (QED) is 0.681. The van der Waals surface area contributed by atoms with Gasteiger partial charge in [0.25, 0.3) is 0 Å². The van der Waals surface area contributed by atoms with Crippen molar-refractivity contribution in [2.24, 2.45) is 0 Å². The van der Waals surface area contributed by atoms with Crippen molar-refractivity contribution in [3.63, 3.8) is 0 Å². The monoisotopic (exact) mass is 162 g/mol. The Bertz CT molecular complexity index is 247. The molecule has 1 aromatic heterocycles. The molecule has 1 aliphatic rings. The molecule has 2 heterocycles. The Balaban J connectivity index is 2.17. The Morgan fingerprint density at radius 1 is 1.50 bits per heavy atom. The normalized spacial score (nSPS) is 22.9. The maximum Gasteiger partial charge on any atom is 0.0573 e. The zero-order chi connectivity index (χ0) is 8.39. The second-order valence-corrected chi connectivity index (χ2v) is 3.41. The van der Waals surface area contributed by atoms with E-state index in [1.165, 1.54) is 24.1 Å². The van der Waals surface area contributed by atoms with E-state index in [2.05, 4.69) is 29.4 Å². The highest BCUT2D eigenvalue weighted by atomic mass is 15.0. The maximum atomic E-state index is 4.40. The van der Waals surface area contributed by atoms with Crippen molar-refractivity contribution < 1.29 is 0 Å². The third kappa shape index (κ3) is 1.48. The van der Waals surface area contributed by atoms with Crippen LogP contribution in [-0.2, 0) is 0 Å². The van der Waals surface area contributed by atoms with Gasteiger partial charge in [0.15, 0.2) is 0 Å². The van der Waals surface area contributed by atoms with Gasteiger partial charge in [0.05, 0.1) is 5.69 Å². The van der Waals surface area contributed by atoms with Crippen molar-refractivity contribution in [1.82, 2.24) is 10.3 Å². The zero-order valence-corrected chi connectivity index (χ0v) is 7.38. The third-order valence-corrected chi connectivity index (χ3v) is 2.35. The van der Waals surface area contributed by atoms with Gasteiger partial charge in [-0.05, 0) is 37.9 Å². The molecule has 1 atom stereocenters. The molecule has 2 heteroatoms. The molecule has 2 nitrogen and oxygen atoms in total. The highest BCUT2D eigenvalue weighted by Gasteiger charge is 2.16. The maximum absolute atomic E-state index is 4.40. The van der Waals surface area contributed by atoms with Crippen molar-refractivity contribution in [2.75, 3.05) is 6.54 Å². The summed E-state index contributed by atoms with van der Waals surface area (Å²) in [4.78, 5) is 4.40. The van der Waals surface area contributed by atoms with Crippen molar-refractivity contribution >= 4 is 0 Å². The van der Waals surface area contributed by atoms with Crippen LogP contribution in [0.25, 0.3) is 0 Å². The fraction of sp³-hybridized carbons (Fsp3) is 0.500.